The highest BCUT2D eigenvalue weighted by atomic mass is 16.1. The maximum Gasteiger partial charge on any atom is 0.221 e. The molecule has 0 saturated heterocycles. The number of carbonyl (C=O) groups excluding carboxylic acids is 1. The van der Waals surface area contributed by atoms with Gasteiger partial charge in [-0.15, -0.1) is 0 Å². The van der Waals surface area contributed by atoms with Crippen LogP contribution >= 0.6 is 0 Å². The van der Waals surface area contributed by atoms with Crippen LogP contribution in [-0.4, -0.2) is 30.3 Å². The molecule has 176 valence electrons. The second kappa shape index (κ2) is 8.66. The fraction of sp³-hybridized carbons (Fsp3) is 0.0714. The lowest BCUT2D eigenvalue weighted by Gasteiger charge is -2.05. The van der Waals surface area contributed by atoms with Crippen LogP contribution in [0.3, 0.4) is 0 Å². The number of benzene rings is 3. The molecule has 8 heteroatoms. The molecule has 0 aliphatic rings. The van der Waals surface area contributed by atoms with Crippen LogP contribution in [0.4, 0.5) is 5.82 Å². The molecular formula is C28H23N7O. The van der Waals surface area contributed by atoms with Gasteiger partial charge in [0.15, 0.2) is 5.82 Å². The van der Waals surface area contributed by atoms with Gasteiger partial charge in [-0.2, -0.15) is 10.2 Å². The molecule has 0 atom stereocenters. The van der Waals surface area contributed by atoms with Gasteiger partial charge in [0.25, 0.3) is 0 Å². The van der Waals surface area contributed by atoms with Crippen molar-refractivity contribution < 1.29 is 4.79 Å². The van der Waals surface area contributed by atoms with Crippen LogP contribution in [-0.2, 0) is 17.8 Å². The van der Waals surface area contributed by atoms with Crippen molar-refractivity contribution >= 4 is 28.1 Å². The van der Waals surface area contributed by atoms with Crippen molar-refractivity contribution in [3.8, 4) is 22.4 Å². The highest BCUT2D eigenvalue weighted by Crippen LogP contribution is 2.35. The highest BCUT2D eigenvalue weighted by molar-refractivity contribution is 5.95. The van der Waals surface area contributed by atoms with Gasteiger partial charge < -0.3 is 11.5 Å². The van der Waals surface area contributed by atoms with E-state index in [1.807, 2.05) is 47.1 Å². The predicted molar refractivity (Wildman–Crippen MR) is 140 cm³/mol. The number of rotatable bonds is 6. The molecule has 6 aromatic rings. The summed E-state index contributed by atoms with van der Waals surface area (Å²) in [5.41, 5.74) is 19.0. The quantitative estimate of drug-likeness (QED) is 0.378. The fourth-order valence-corrected chi connectivity index (χ4v) is 4.57. The van der Waals surface area contributed by atoms with E-state index in [4.69, 9.17) is 16.6 Å². The molecule has 1 amide bonds. The Bertz CT molecular complexity index is 1720. The summed E-state index contributed by atoms with van der Waals surface area (Å²) >= 11 is 0. The molecular weight excluding hydrogens is 450 g/mol. The lowest BCUT2D eigenvalue weighted by molar-refractivity contribution is -0.117. The zero-order valence-electron chi connectivity index (χ0n) is 19.4. The average Bonchev–Trinajstić information content (AvgIpc) is 3.46. The van der Waals surface area contributed by atoms with Crippen molar-refractivity contribution in [1.82, 2.24) is 24.4 Å². The number of fused-ring (bicyclic) bond motifs is 2. The maximum absolute atomic E-state index is 11.3. The van der Waals surface area contributed by atoms with Gasteiger partial charge in [0.1, 0.15) is 11.8 Å². The monoisotopic (exact) mass is 473 g/mol. The van der Waals surface area contributed by atoms with E-state index in [-0.39, 0.29) is 12.3 Å². The van der Waals surface area contributed by atoms with Crippen LogP contribution in [0.15, 0.2) is 91.4 Å². The maximum atomic E-state index is 11.3. The second-order valence-electron chi connectivity index (χ2n) is 8.77. The number of hydrogen-bond donors (Lipinski definition) is 2. The van der Waals surface area contributed by atoms with E-state index in [1.54, 1.807) is 4.52 Å². The number of hydrogen-bond acceptors (Lipinski definition) is 5. The summed E-state index contributed by atoms with van der Waals surface area (Å²) in [7, 11) is 0. The predicted octanol–water partition coefficient (Wildman–Crippen LogP) is 4.07. The third-order valence-corrected chi connectivity index (χ3v) is 6.26. The Morgan fingerprint density at radius 3 is 2.44 bits per heavy atom. The Kier molecular flexibility index (Phi) is 5.19. The molecule has 0 radical (unpaired) electrons. The molecule has 0 fully saturated rings. The summed E-state index contributed by atoms with van der Waals surface area (Å²) in [4.78, 5) is 15.5. The minimum atomic E-state index is -0.361. The SMILES string of the molecule is NC(=O)Cc1ccc(-c2cc(-c3ccc4cn(Cc5ccccc5)nc4c3)c3c(N)ncnn23)cc1. The number of anilines is 1. The number of nitrogens with two attached hydrogens (primary N) is 2. The average molecular weight is 474 g/mol. The summed E-state index contributed by atoms with van der Waals surface area (Å²) in [6.45, 7) is 0.705. The Labute approximate surface area is 206 Å². The van der Waals surface area contributed by atoms with Crippen LogP contribution in [0.2, 0.25) is 0 Å². The van der Waals surface area contributed by atoms with Gasteiger partial charge in [0, 0.05) is 22.7 Å². The van der Waals surface area contributed by atoms with Crippen LogP contribution in [0, 0.1) is 0 Å². The smallest absolute Gasteiger partial charge is 0.221 e. The largest absolute Gasteiger partial charge is 0.382 e. The molecule has 0 aliphatic heterocycles. The zero-order chi connectivity index (χ0) is 24.6. The molecule has 3 aromatic carbocycles. The second-order valence-corrected chi connectivity index (χ2v) is 8.77. The Balaban J connectivity index is 1.42. The summed E-state index contributed by atoms with van der Waals surface area (Å²) in [6, 6.07) is 26.2. The van der Waals surface area contributed by atoms with Crippen LogP contribution in [0.25, 0.3) is 38.8 Å². The van der Waals surface area contributed by atoms with Crippen molar-refractivity contribution in [2.75, 3.05) is 5.73 Å². The summed E-state index contributed by atoms with van der Waals surface area (Å²) in [5.74, 6) is 0.0339. The third kappa shape index (κ3) is 3.94. The van der Waals surface area contributed by atoms with Gasteiger partial charge in [-0.3, -0.25) is 9.48 Å². The summed E-state index contributed by atoms with van der Waals surface area (Å²) in [6.07, 6.45) is 3.71. The van der Waals surface area contributed by atoms with Gasteiger partial charge in [0.05, 0.1) is 24.2 Å². The van der Waals surface area contributed by atoms with Gasteiger partial charge >= 0.3 is 0 Å². The minimum Gasteiger partial charge on any atom is -0.382 e. The van der Waals surface area contributed by atoms with Gasteiger partial charge in [-0.25, -0.2) is 9.50 Å². The Morgan fingerprint density at radius 1 is 0.889 bits per heavy atom. The molecule has 0 saturated carbocycles. The molecule has 6 rings (SSSR count). The number of amides is 1. The first-order valence-corrected chi connectivity index (χ1v) is 11.6. The standard InChI is InChI=1S/C28H23N7O/c29-26(36)12-18-6-8-20(9-7-18)25-14-23(27-28(30)31-17-32-35(25)27)21-10-11-22-16-34(33-24(22)13-21)15-19-4-2-1-3-5-19/h1-11,13-14,16-17H,12,15H2,(H2,29,36)(H2,30,31,32). The lowest BCUT2D eigenvalue weighted by atomic mass is 10.0. The van der Waals surface area contributed by atoms with Crippen molar-refractivity contribution in [3.63, 3.8) is 0 Å². The highest BCUT2D eigenvalue weighted by Gasteiger charge is 2.17. The molecule has 0 unspecified atom stereocenters. The summed E-state index contributed by atoms with van der Waals surface area (Å²) in [5, 5.41) is 10.3. The van der Waals surface area contributed by atoms with E-state index in [1.165, 1.54) is 11.9 Å². The van der Waals surface area contributed by atoms with Gasteiger partial charge in [-0.05, 0) is 28.8 Å². The third-order valence-electron chi connectivity index (χ3n) is 6.26. The van der Waals surface area contributed by atoms with Crippen molar-refractivity contribution in [2.45, 2.75) is 13.0 Å². The van der Waals surface area contributed by atoms with E-state index in [2.05, 4.69) is 52.7 Å². The topological polar surface area (TPSA) is 117 Å². The number of primary amides is 1. The first kappa shape index (κ1) is 21.5. The number of nitrogen functional groups attached to an aromatic ring is 1. The first-order valence-electron chi connectivity index (χ1n) is 11.6. The van der Waals surface area contributed by atoms with Crippen LogP contribution in [0.5, 0.6) is 0 Å². The molecule has 3 heterocycles. The van der Waals surface area contributed by atoms with E-state index in [0.29, 0.717) is 12.4 Å². The minimum absolute atomic E-state index is 0.201. The van der Waals surface area contributed by atoms with Gasteiger partial charge in [0.2, 0.25) is 5.91 Å². The fourth-order valence-electron chi connectivity index (χ4n) is 4.57. The normalized spacial score (nSPS) is 11.3. The lowest BCUT2D eigenvalue weighted by Crippen LogP contribution is -2.13. The molecule has 36 heavy (non-hydrogen) atoms. The number of carbonyl (C=O) groups is 1. The molecule has 0 spiro atoms. The van der Waals surface area contributed by atoms with Crippen molar-refractivity contribution in [3.05, 3.63) is 103 Å². The zero-order valence-corrected chi connectivity index (χ0v) is 19.4. The van der Waals surface area contributed by atoms with Crippen molar-refractivity contribution in [2.24, 2.45) is 5.73 Å². The molecule has 0 bridgehead atoms. The van der Waals surface area contributed by atoms with Crippen molar-refractivity contribution in [1.29, 1.82) is 0 Å². The van der Waals surface area contributed by atoms with E-state index >= 15 is 0 Å². The Hall–Kier alpha value is -4.98. The van der Waals surface area contributed by atoms with E-state index in [0.717, 1.165) is 44.4 Å². The molecule has 4 N–H and O–H groups in total. The number of nitrogens with zero attached hydrogens (tertiary/aromatic N) is 5. The molecule has 0 aliphatic carbocycles. The number of aromatic nitrogens is 5. The Morgan fingerprint density at radius 2 is 1.67 bits per heavy atom. The first-order chi connectivity index (χ1) is 17.5. The van der Waals surface area contributed by atoms with E-state index in [9.17, 15) is 4.79 Å². The van der Waals surface area contributed by atoms with Crippen LogP contribution < -0.4 is 11.5 Å². The molecule has 3 aromatic heterocycles. The summed E-state index contributed by atoms with van der Waals surface area (Å²) < 4.78 is 3.76. The van der Waals surface area contributed by atoms with Crippen LogP contribution in [0.1, 0.15) is 11.1 Å². The van der Waals surface area contributed by atoms with E-state index < -0.39 is 0 Å². The molecule has 8 nitrogen and oxygen atoms in total. The van der Waals surface area contributed by atoms with Gasteiger partial charge in [-0.1, -0.05) is 66.7 Å².